The molecule has 4 nitrogen and oxygen atoms in total. The summed E-state index contributed by atoms with van der Waals surface area (Å²) in [6.07, 6.45) is 3.11. The van der Waals surface area contributed by atoms with E-state index in [0.29, 0.717) is 0 Å². The second-order valence-electron chi connectivity index (χ2n) is 5.52. The molecule has 1 fully saturated rings. The zero-order valence-corrected chi connectivity index (χ0v) is 11.1. The number of rotatable bonds is 4. The predicted molar refractivity (Wildman–Crippen MR) is 69.1 cm³/mol. The van der Waals surface area contributed by atoms with E-state index in [9.17, 15) is 4.79 Å². The van der Waals surface area contributed by atoms with Gasteiger partial charge >= 0.3 is 5.97 Å². The first-order valence-electron chi connectivity index (χ1n) is 6.15. The Morgan fingerprint density at radius 1 is 1.59 bits per heavy atom. The maximum absolute atomic E-state index is 11.0. The average Bonchev–Trinajstić information content (AvgIpc) is 2.29. The summed E-state index contributed by atoms with van der Waals surface area (Å²) in [6.45, 7) is 10.7. The minimum atomic E-state index is -0.727. The third-order valence-electron chi connectivity index (χ3n) is 3.58. The van der Waals surface area contributed by atoms with Crippen molar-refractivity contribution in [3.63, 3.8) is 0 Å². The summed E-state index contributed by atoms with van der Waals surface area (Å²) in [5.74, 6) is -0.727. The Bertz CT molecular complexity index is 289. The standard InChI is InChI=1S/C13H24N2O2/c1-5-7-15-11(9-12(16)17)10-14(4)8-6-13(15,2)3/h5,11H,1,6-10H2,2-4H3,(H,16,17). The lowest BCUT2D eigenvalue weighted by atomic mass is 9.96. The molecular formula is C13H24N2O2. The third-order valence-corrected chi connectivity index (χ3v) is 3.58. The lowest BCUT2D eigenvalue weighted by molar-refractivity contribution is -0.138. The first-order valence-corrected chi connectivity index (χ1v) is 6.15. The van der Waals surface area contributed by atoms with E-state index in [1.807, 2.05) is 6.08 Å². The normalized spacial score (nSPS) is 26.4. The number of carbonyl (C=O) groups is 1. The number of aliphatic carboxylic acids is 1. The summed E-state index contributed by atoms with van der Waals surface area (Å²) >= 11 is 0. The molecule has 17 heavy (non-hydrogen) atoms. The number of hydrogen-bond donors (Lipinski definition) is 1. The van der Waals surface area contributed by atoms with Gasteiger partial charge in [-0.1, -0.05) is 6.08 Å². The van der Waals surface area contributed by atoms with Crippen molar-refractivity contribution in [3.05, 3.63) is 12.7 Å². The monoisotopic (exact) mass is 240 g/mol. The van der Waals surface area contributed by atoms with Crippen LogP contribution in [0.15, 0.2) is 12.7 Å². The van der Waals surface area contributed by atoms with Crippen LogP contribution in [0.2, 0.25) is 0 Å². The van der Waals surface area contributed by atoms with Gasteiger partial charge < -0.3 is 10.0 Å². The number of carboxylic acid groups (broad SMARTS) is 1. The fourth-order valence-electron chi connectivity index (χ4n) is 2.56. The molecule has 1 atom stereocenters. The van der Waals surface area contributed by atoms with Crippen molar-refractivity contribution < 1.29 is 9.90 Å². The van der Waals surface area contributed by atoms with Crippen LogP contribution in [0.1, 0.15) is 26.7 Å². The van der Waals surface area contributed by atoms with Crippen molar-refractivity contribution in [3.8, 4) is 0 Å². The SMILES string of the molecule is C=CCN1C(CC(=O)O)CN(C)CCC1(C)C. The highest BCUT2D eigenvalue weighted by atomic mass is 16.4. The van der Waals surface area contributed by atoms with Gasteiger partial charge in [-0.05, 0) is 33.9 Å². The summed E-state index contributed by atoms with van der Waals surface area (Å²) in [4.78, 5) is 15.5. The summed E-state index contributed by atoms with van der Waals surface area (Å²) in [5, 5.41) is 9.03. The lowest BCUT2D eigenvalue weighted by Gasteiger charge is -2.41. The first-order chi connectivity index (χ1) is 7.86. The second-order valence-corrected chi connectivity index (χ2v) is 5.52. The molecule has 98 valence electrons. The molecule has 1 unspecified atom stereocenters. The average molecular weight is 240 g/mol. The van der Waals surface area contributed by atoms with Crippen molar-refractivity contribution in [2.75, 3.05) is 26.7 Å². The van der Waals surface area contributed by atoms with E-state index >= 15 is 0 Å². The summed E-state index contributed by atoms with van der Waals surface area (Å²) in [5.41, 5.74) is 0.0269. The molecule has 0 amide bonds. The van der Waals surface area contributed by atoms with Gasteiger partial charge in [-0.3, -0.25) is 9.69 Å². The molecule has 0 radical (unpaired) electrons. The van der Waals surface area contributed by atoms with Gasteiger partial charge in [-0.15, -0.1) is 6.58 Å². The maximum atomic E-state index is 11.0. The number of likely N-dealkylation sites (N-methyl/N-ethyl adjacent to an activating group) is 1. The Balaban J connectivity index is 2.91. The quantitative estimate of drug-likeness (QED) is 0.755. The van der Waals surface area contributed by atoms with Gasteiger partial charge in [0.2, 0.25) is 0 Å². The second kappa shape index (κ2) is 5.65. The van der Waals surface area contributed by atoms with E-state index in [4.69, 9.17) is 5.11 Å². The molecule has 0 aromatic heterocycles. The zero-order chi connectivity index (χ0) is 13.1. The van der Waals surface area contributed by atoms with Crippen molar-refractivity contribution >= 4 is 5.97 Å². The molecule has 0 saturated carbocycles. The lowest BCUT2D eigenvalue weighted by Crippen LogP contribution is -2.51. The number of nitrogens with zero attached hydrogens (tertiary/aromatic N) is 2. The van der Waals surface area contributed by atoms with E-state index in [-0.39, 0.29) is 18.0 Å². The van der Waals surface area contributed by atoms with Crippen molar-refractivity contribution in [2.24, 2.45) is 0 Å². The van der Waals surface area contributed by atoms with Crippen LogP contribution in [0.25, 0.3) is 0 Å². The van der Waals surface area contributed by atoms with Gasteiger partial charge in [-0.2, -0.15) is 0 Å². The Morgan fingerprint density at radius 2 is 2.24 bits per heavy atom. The van der Waals surface area contributed by atoms with Crippen LogP contribution in [-0.2, 0) is 4.79 Å². The molecule has 0 spiro atoms. The predicted octanol–water partition coefficient (Wildman–Crippen LogP) is 1.43. The van der Waals surface area contributed by atoms with Crippen molar-refractivity contribution in [2.45, 2.75) is 38.3 Å². The molecular weight excluding hydrogens is 216 g/mol. The Labute approximate surface area is 104 Å². The molecule has 1 N–H and O–H groups in total. The summed E-state index contributed by atoms with van der Waals surface area (Å²) < 4.78 is 0. The van der Waals surface area contributed by atoms with Crippen LogP contribution < -0.4 is 0 Å². The van der Waals surface area contributed by atoms with E-state index in [2.05, 4.69) is 37.3 Å². The fourth-order valence-corrected chi connectivity index (χ4v) is 2.56. The van der Waals surface area contributed by atoms with Gasteiger partial charge in [0.1, 0.15) is 0 Å². The topological polar surface area (TPSA) is 43.8 Å². The van der Waals surface area contributed by atoms with E-state index in [1.54, 1.807) is 0 Å². The van der Waals surface area contributed by atoms with Crippen LogP contribution in [0.3, 0.4) is 0 Å². The Morgan fingerprint density at radius 3 is 2.76 bits per heavy atom. The Hall–Kier alpha value is -0.870. The molecule has 1 rings (SSSR count). The maximum Gasteiger partial charge on any atom is 0.304 e. The Kier molecular flexibility index (Phi) is 4.71. The number of carboxylic acids is 1. The molecule has 4 heteroatoms. The van der Waals surface area contributed by atoms with Gasteiger partial charge in [0, 0.05) is 24.7 Å². The largest absolute Gasteiger partial charge is 0.481 e. The van der Waals surface area contributed by atoms with E-state index in [1.165, 1.54) is 0 Å². The molecule has 1 aliphatic heterocycles. The zero-order valence-electron chi connectivity index (χ0n) is 11.1. The van der Waals surface area contributed by atoms with E-state index < -0.39 is 5.97 Å². The van der Waals surface area contributed by atoms with Crippen LogP contribution in [0.5, 0.6) is 0 Å². The van der Waals surface area contributed by atoms with Crippen LogP contribution in [-0.4, -0.2) is 59.1 Å². The number of hydrogen-bond acceptors (Lipinski definition) is 3. The molecule has 0 aromatic rings. The molecule has 1 heterocycles. The van der Waals surface area contributed by atoms with Gasteiger partial charge in [-0.25, -0.2) is 0 Å². The minimum Gasteiger partial charge on any atom is -0.481 e. The summed E-state index contributed by atoms with van der Waals surface area (Å²) in [7, 11) is 2.06. The summed E-state index contributed by atoms with van der Waals surface area (Å²) in [6, 6.07) is 0.0630. The molecule has 1 saturated heterocycles. The van der Waals surface area contributed by atoms with Crippen molar-refractivity contribution in [1.29, 1.82) is 0 Å². The third kappa shape index (κ3) is 3.82. The van der Waals surface area contributed by atoms with Crippen molar-refractivity contribution in [1.82, 2.24) is 9.80 Å². The molecule has 0 bridgehead atoms. The highest BCUT2D eigenvalue weighted by Gasteiger charge is 2.36. The first kappa shape index (κ1) is 14.2. The molecule has 0 aromatic carbocycles. The smallest absolute Gasteiger partial charge is 0.304 e. The van der Waals surface area contributed by atoms with E-state index in [0.717, 1.165) is 26.1 Å². The van der Waals surface area contributed by atoms with Crippen LogP contribution in [0.4, 0.5) is 0 Å². The molecule has 0 aliphatic carbocycles. The van der Waals surface area contributed by atoms with Gasteiger partial charge in [0.25, 0.3) is 0 Å². The van der Waals surface area contributed by atoms with Gasteiger partial charge in [0.15, 0.2) is 0 Å². The highest BCUT2D eigenvalue weighted by molar-refractivity contribution is 5.67. The fraction of sp³-hybridized carbons (Fsp3) is 0.769. The highest BCUT2D eigenvalue weighted by Crippen LogP contribution is 2.26. The van der Waals surface area contributed by atoms with Crippen LogP contribution in [0, 0.1) is 0 Å². The molecule has 1 aliphatic rings. The van der Waals surface area contributed by atoms with Gasteiger partial charge in [0.05, 0.1) is 6.42 Å². The minimum absolute atomic E-state index is 0.0269. The van der Waals surface area contributed by atoms with Crippen LogP contribution >= 0.6 is 0 Å².